The van der Waals surface area contributed by atoms with Crippen LogP contribution in [0.1, 0.15) is 36.6 Å². The Labute approximate surface area is 146 Å². The largest absolute Gasteiger partial charge is 0.388 e. The van der Waals surface area contributed by atoms with Crippen LogP contribution in [-0.2, 0) is 6.42 Å². The normalized spacial score (nSPS) is 18.5. The van der Waals surface area contributed by atoms with Crippen molar-refractivity contribution in [2.45, 2.75) is 37.8 Å². The van der Waals surface area contributed by atoms with Crippen molar-refractivity contribution in [1.29, 1.82) is 0 Å². The van der Waals surface area contributed by atoms with Crippen LogP contribution in [0.3, 0.4) is 0 Å². The zero-order chi connectivity index (χ0) is 16.8. The zero-order valence-electron chi connectivity index (χ0n) is 13.6. The van der Waals surface area contributed by atoms with E-state index < -0.39 is 6.10 Å². The third-order valence-corrected chi connectivity index (χ3v) is 5.09. The molecule has 1 aliphatic rings. The number of nitrogens with zero attached hydrogens (tertiary/aromatic N) is 2. The Hall–Kier alpha value is -1.92. The van der Waals surface area contributed by atoms with Crippen LogP contribution in [0.25, 0.3) is 0 Å². The molecule has 128 valence electrons. The molecule has 2 heterocycles. The molecule has 1 fully saturated rings. The quantitative estimate of drug-likeness (QED) is 0.846. The third-order valence-electron chi connectivity index (χ3n) is 4.46. The van der Waals surface area contributed by atoms with E-state index in [0.29, 0.717) is 13.0 Å². The second-order valence-corrected chi connectivity index (χ2v) is 6.83. The number of likely N-dealkylation sites (tertiary alicyclic amines) is 1. The number of aliphatic hydroxyl groups excluding tert-OH is 1. The second kappa shape index (κ2) is 8.26. The Bertz CT molecular complexity index is 633. The first kappa shape index (κ1) is 16.9. The summed E-state index contributed by atoms with van der Waals surface area (Å²) in [6, 6.07) is 9.71. The standard InChI is InChI=1S/C18H23N3O2S/c22-17(14-5-2-1-3-6-14)11-16-7-4-10-21(16)18(23)19-9-8-15-12-24-13-20-15/h1-3,5-6,12-13,16-17,22H,4,7-11H2,(H,19,23). The summed E-state index contributed by atoms with van der Waals surface area (Å²) in [7, 11) is 0. The van der Waals surface area contributed by atoms with Crippen LogP contribution in [-0.4, -0.2) is 40.2 Å². The van der Waals surface area contributed by atoms with Gasteiger partial charge in [0.05, 0.1) is 17.3 Å². The monoisotopic (exact) mass is 345 g/mol. The van der Waals surface area contributed by atoms with Crippen molar-refractivity contribution in [3.63, 3.8) is 0 Å². The van der Waals surface area contributed by atoms with E-state index in [1.54, 1.807) is 16.8 Å². The first-order valence-corrected chi connectivity index (χ1v) is 9.33. The maximum absolute atomic E-state index is 12.4. The van der Waals surface area contributed by atoms with E-state index in [-0.39, 0.29) is 12.1 Å². The number of hydrogen-bond acceptors (Lipinski definition) is 4. The fraction of sp³-hybridized carbons (Fsp3) is 0.444. The minimum Gasteiger partial charge on any atom is -0.388 e. The average molecular weight is 345 g/mol. The van der Waals surface area contributed by atoms with E-state index >= 15 is 0 Å². The highest BCUT2D eigenvalue weighted by Gasteiger charge is 2.30. The molecule has 2 N–H and O–H groups in total. The number of aliphatic hydroxyl groups is 1. The SMILES string of the molecule is O=C(NCCc1cscn1)N1CCCC1CC(O)c1ccccc1. The van der Waals surface area contributed by atoms with Crippen LogP contribution in [0, 0.1) is 0 Å². The summed E-state index contributed by atoms with van der Waals surface area (Å²) in [6.07, 6.45) is 2.75. The zero-order valence-corrected chi connectivity index (χ0v) is 14.4. The Balaban J connectivity index is 1.50. The van der Waals surface area contributed by atoms with Gasteiger partial charge in [-0.1, -0.05) is 30.3 Å². The summed E-state index contributed by atoms with van der Waals surface area (Å²) in [5, 5.41) is 15.4. The van der Waals surface area contributed by atoms with Crippen LogP contribution in [0.15, 0.2) is 41.2 Å². The number of hydrogen-bond donors (Lipinski definition) is 2. The van der Waals surface area contributed by atoms with Gasteiger partial charge in [0.2, 0.25) is 0 Å². The maximum Gasteiger partial charge on any atom is 0.317 e. The summed E-state index contributed by atoms with van der Waals surface area (Å²) in [4.78, 5) is 18.5. The Morgan fingerprint density at radius 3 is 3.00 bits per heavy atom. The van der Waals surface area contributed by atoms with Crippen LogP contribution in [0.2, 0.25) is 0 Å². The molecule has 0 bridgehead atoms. The molecular weight excluding hydrogens is 322 g/mol. The lowest BCUT2D eigenvalue weighted by Gasteiger charge is -2.27. The molecule has 0 radical (unpaired) electrons. The molecule has 2 amide bonds. The number of carbonyl (C=O) groups is 1. The van der Waals surface area contributed by atoms with Crippen LogP contribution >= 0.6 is 11.3 Å². The molecule has 2 unspecified atom stereocenters. The predicted octanol–water partition coefficient (Wildman–Crippen LogP) is 2.98. The predicted molar refractivity (Wildman–Crippen MR) is 95.0 cm³/mol. The molecule has 1 aromatic carbocycles. The fourth-order valence-corrected chi connectivity index (χ4v) is 3.77. The summed E-state index contributed by atoms with van der Waals surface area (Å²) >= 11 is 1.57. The molecule has 0 aliphatic carbocycles. The van der Waals surface area contributed by atoms with Gasteiger partial charge in [0.25, 0.3) is 0 Å². The number of urea groups is 1. The molecule has 2 atom stereocenters. The molecule has 24 heavy (non-hydrogen) atoms. The number of nitrogens with one attached hydrogen (secondary N) is 1. The van der Waals surface area contributed by atoms with Gasteiger partial charge >= 0.3 is 6.03 Å². The first-order valence-electron chi connectivity index (χ1n) is 8.38. The van der Waals surface area contributed by atoms with Crippen molar-refractivity contribution in [2.75, 3.05) is 13.1 Å². The van der Waals surface area contributed by atoms with Crippen LogP contribution < -0.4 is 5.32 Å². The van der Waals surface area contributed by atoms with E-state index in [1.165, 1.54) is 0 Å². The molecule has 6 heteroatoms. The first-order chi connectivity index (χ1) is 11.7. The van der Waals surface area contributed by atoms with Gasteiger partial charge in [-0.15, -0.1) is 11.3 Å². The number of aromatic nitrogens is 1. The van der Waals surface area contributed by atoms with E-state index in [4.69, 9.17) is 0 Å². The van der Waals surface area contributed by atoms with Gasteiger partial charge in [0, 0.05) is 30.9 Å². The van der Waals surface area contributed by atoms with Gasteiger partial charge in [0.15, 0.2) is 0 Å². The Morgan fingerprint density at radius 1 is 1.42 bits per heavy atom. The van der Waals surface area contributed by atoms with Gasteiger partial charge < -0.3 is 15.3 Å². The lowest BCUT2D eigenvalue weighted by Crippen LogP contribution is -2.43. The van der Waals surface area contributed by atoms with Crippen LogP contribution in [0.4, 0.5) is 4.79 Å². The highest BCUT2D eigenvalue weighted by Crippen LogP contribution is 2.27. The number of benzene rings is 1. The topological polar surface area (TPSA) is 65.5 Å². The average Bonchev–Trinajstić information content (AvgIpc) is 3.27. The Kier molecular flexibility index (Phi) is 5.82. The minimum atomic E-state index is -0.528. The highest BCUT2D eigenvalue weighted by molar-refractivity contribution is 7.07. The second-order valence-electron chi connectivity index (χ2n) is 6.11. The smallest absolute Gasteiger partial charge is 0.317 e. The van der Waals surface area contributed by atoms with Gasteiger partial charge in [0.1, 0.15) is 0 Å². The van der Waals surface area contributed by atoms with Crippen molar-refractivity contribution in [3.8, 4) is 0 Å². The summed E-state index contributed by atoms with van der Waals surface area (Å²) in [5.74, 6) is 0. The van der Waals surface area contributed by atoms with E-state index in [9.17, 15) is 9.90 Å². The fourth-order valence-electron chi connectivity index (χ4n) is 3.18. The van der Waals surface area contributed by atoms with Crippen LogP contribution in [0.5, 0.6) is 0 Å². The van der Waals surface area contributed by atoms with Gasteiger partial charge in [-0.3, -0.25) is 0 Å². The molecule has 2 aromatic rings. The lowest BCUT2D eigenvalue weighted by molar-refractivity contribution is 0.126. The third kappa shape index (κ3) is 4.33. The molecule has 0 spiro atoms. The molecule has 1 saturated heterocycles. The number of rotatable bonds is 6. The Morgan fingerprint density at radius 2 is 2.25 bits per heavy atom. The van der Waals surface area contributed by atoms with Crippen molar-refractivity contribution >= 4 is 17.4 Å². The lowest BCUT2D eigenvalue weighted by atomic mass is 10.0. The van der Waals surface area contributed by atoms with Crippen molar-refractivity contribution in [2.24, 2.45) is 0 Å². The molecule has 1 aliphatic heterocycles. The number of thiazole rings is 1. The van der Waals surface area contributed by atoms with E-state index in [2.05, 4.69) is 10.3 Å². The molecule has 0 saturated carbocycles. The minimum absolute atomic E-state index is 0.0343. The number of amides is 2. The highest BCUT2D eigenvalue weighted by atomic mass is 32.1. The van der Waals surface area contributed by atoms with Gasteiger partial charge in [-0.05, 0) is 24.8 Å². The summed E-state index contributed by atoms with van der Waals surface area (Å²) in [5.41, 5.74) is 3.73. The van der Waals surface area contributed by atoms with Crippen molar-refractivity contribution < 1.29 is 9.90 Å². The van der Waals surface area contributed by atoms with E-state index in [1.807, 2.05) is 40.6 Å². The molecule has 3 rings (SSSR count). The molecular formula is C18H23N3O2S. The number of carbonyl (C=O) groups excluding carboxylic acids is 1. The van der Waals surface area contributed by atoms with Gasteiger partial charge in [-0.2, -0.15) is 0 Å². The molecule has 1 aromatic heterocycles. The van der Waals surface area contributed by atoms with Crippen molar-refractivity contribution in [3.05, 3.63) is 52.5 Å². The van der Waals surface area contributed by atoms with Gasteiger partial charge in [-0.25, -0.2) is 9.78 Å². The van der Waals surface area contributed by atoms with Crippen molar-refractivity contribution in [1.82, 2.24) is 15.2 Å². The van der Waals surface area contributed by atoms with E-state index in [0.717, 1.165) is 37.1 Å². The summed E-state index contributed by atoms with van der Waals surface area (Å²) in [6.45, 7) is 1.35. The molecule has 5 nitrogen and oxygen atoms in total. The summed E-state index contributed by atoms with van der Waals surface area (Å²) < 4.78 is 0. The maximum atomic E-state index is 12.4.